The lowest BCUT2D eigenvalue weighted by Gasteiger charge is -1.98. The minimum absolute atomic E-state index is 0.246. The van der Waals surface area contributed by atoms with Crippen LogP contribution in [0.2, 0.25) is 0 Å². The summed E-state index contributed by atoms with van der Waals surface area (Å²) >= 11 is 0. The van der Waals surface area contributed by atoms with E-state index in [1.165, 1.54) is 0 Å². The second kappa shape index (κ2) is 4.45. The van der Waals surface area contributed by atoms with Gasteiger partial charge in [0.2, 0.25) is 6.20 Å². The molecule has 3 nitrogen and oxygen atoms in total. The molecular weight excluding hydrogens is 200 g/mol. The van der Waals surface area contributed by atoms with Gasteiger partial charge in [0.05, 0.1) is 11.6 Å². The van der Waals surface area contributed by atoms with Gasteiger partial charge < -0.3 is 5.11 Å². The SMILES string of the molecule is N#Cc1ccc(C[n+]2cccc(O)c2)cc1. The molecule has 0 atom stereocenters. The van der Waals surface area contributed by atoms with Gasteiger partial charge in [0.15, 0.2) is 18.5 Å². The van der Waals surface area contributed by atoms with E-state index < -0.39 is 0 Å². The van der Waals surface area contributed by atoms with E-state index in [0.717, 1.165) is 5.56 Å². The summed E-state index contributed by atoms with van der Waals surface area (Å²) in [6.45, 7) is 0.681. The van der Waals surface area contributed by atoms with Crippen LogP contribution in [0.25, 0.3) is 0 Å². The molecule has 1 heterocycles. The molecule has 16 heavy (non-hydrogen) atoms. The maximum atomic E-state index is 9.31. The summed E-state index contributed by atoms with van der Waals surface area (Å²) in [5.74, 6) is 0.246. The minimum atomic E-state index is 0.246. The van der Waals surface area contributed by atoms with E-state index in [2.05, 4.69) is 6.07 Å². The van der Waals surface area contributed by atoms with Crippen LogP contribution in [0.3, 0.4) is 0 Å². The van der Waals surface area contributed by atoms with Gasteiger partial charge in [-0.3, -0.25) is 0 Å². The Kier molecular flexibility index (Phi) is 2.84. The molecule has 0 aliphatic carbocycles. The van der Waals surface area contributed by atoms with Crippen molar-refractivity contribution in [3.05, 3.63) is 59.9 Å². The van der Waals surface area contributed by atoms with Crippen LogP contribution in [0.15, 0.2) is 48.8 Å². The third kappa shape index (κ3) is 2.37. The normalized spacial score (nSPS) is 9.69. The number of aromatic hydroxyl groups is 1. The lowest BCUT2D eigenvalue weighted by atomic mass is 10.1. The number of nitrogens with zero attached hydrogens (tertiary/aromatic N) is 2. The highest BCUT2D eigenvalue weighted by Crippen LogP contribution is 2.04. The molecule has 1 aromatic carbocycles. The number of hydrogen-bond acceptors (Lipinski definition) is 2. The predicted molar refractivity (Wildman–Crippen MR) is 58.6 cm³/mol. The number of hydrogen-bond donors (Lipinski definition) is 1. The summed E-state index contributed by atoms with van der Waals surface area (Å²) in [5.41, 5.74) is 1.75. The van der Waals surface area contributed by atoms with E-state index in [1.54, 1.807) is 30.5 Å². The summed E-state index contributed by atoms with van der Waals surface area (Å²) < 4.78 is 1.89. The molecule has 0 aliphatic rings. The maximum Gasteiger partial charge on any atom is 0.211 e. The van der Waals surface area contributed by atoms with Gasteiger partial charge in [0.1, 0.15) is 0 Å². The summed E-state index contributed by atoms with van der Waals surface area (Å²) in [5, 5.41) is 18.0. The first-order chi connectivity index (χ1) is 7.78. The lowest BCUT2D eigenvalue weighted by Crippen LogP contribution is -2.32. The fraction of sp³-hybridized carbons (Fsp3) is 0.0769. The van der Waals surface area contributed by atoms with Gasteiger partial charge in [0, 0.05) is 11.6 Å². The highest BCUT2D eigenvalue weighted by molar-refractivity contribution is 5.31. The van der Waals surface area contributed by atoms with Gasteiger partial charge in [0.25, 0.3) is 0 Å². The van der Waals surface area contributed by atoms with E-state index in [-0.39, 0.29) is 5.75 Å². The summed E-state index contributed by atoms with van der Waals surface area (Å²) in [6, 6.07) is 12.9. The van der Waals surface area contributed by atoms with Gasteiger partial charge in [-0.2, -0.15) is 9.83 Å². The molecule has 2 aromatic rings. The van der Waals surface area contributed by atoms with Gasteiger partial charge in [-0.25, -0.2) is 0 Å². The Morgan fingerprint density at radius 2 is 1.94 bits per heavy atom. The molecule has 0 aliphatic heterocycles. The van der Waals surface area contributed by atoms with Crippen molar-refractivity contribution in [1.82, 2.24) is 0 Å². The molecule has 0 fully saturated rings. The zero-order valence-electron chi connectivity index (χ0n) is 8.67. The number of aromatic nitrogens is 1. The zero-order chi connectivity index (χ0) is 11.4. The molecule has 2 rings (SSSR count). The fourth-order valence-electron chi connectivity index (χ4n) is 1.50. The predicted octanol–water partition coefficient (Wildman–Crippen LogP) is 1.60. The molecule has 0 amide bonds. The molecule has 1 N–H and O–H groups in total. The van der Waals surface area contributed by atoms with Crippen molar-refractivity contribution in [1.29, 1.82) is 5.26 Å². The van der Waals surface area contributed by atoms with E-state index in [4.69, 9.17) is 5.26 Å². The Bertz CT molecular complexity index is 526. The smallest absolute Gasteiger partial charge is 0.211 e. The second-order valence-electron chi connectivity index (χ2n) is 3.54. The van der Waals surface area contributed by atoms with Crippen LogP contribution < -0.4 is 4.57 Å². The Morgan fingerprint density at radius 1 is 1.19 bits per heavy atom. The molecule has 3 heteroatoms. The van der Waals surface area contributed by atoms with Gasteiger partial charge >= 0.3 is 0 Å². The van der Waals surface area contributed by atoms with E-state index in [9.17, 15) is 5.11 Å². The van der Waals surface area contributed by atoms with Crippen molar-refractivity contribution in [2.45, 2.75) is 6.54 Å². The zero-order valence-corrected chi connectivity index (χ0v) is 8.67. The van der Waals surface area contributed by atoms with E-state index in [1.807, 2.05) is 22.9 Å². The first kappa shape index (κ1) is 10.2. The highest BCUT2D eigenvalue weighted by atomic mass is 16.3. The first-order valence-corrected chi connectivity index (χ1v) is 4.95. The molecule has 0 saturated heterocycles. The number of nitriles is 1. The van der Waals surface area contributed by atoms with Gasteiger partial charge in [-0.15, -0.1) is 0 Å². The molecule has 0 unspecified atom stereocenters. The molecule has 1 aromatic heterocycles. The standard InChI is InChI=1S/C13H10N2O/c14-8-11-3-5-12(6-4-11)9-15-7-1-2-13(16)10-15/h1-7,10H,9H2/p+1. The van der Waals surface area contributed by atoms with Crippen LogP contribution in [-0.2, 0) is 6.54 Å². The van der Waals surface area contributed by atoms with Crippen LogP contribution in [0.5, 0.6) is 5.75 Å². The second-order valence-corrected chi connectivity index (χ2v) is 3.54. The van der Waals surface area contributed by atoms with Crippen LogP contribution in [0.4, 0.5) is 0 Å². The average Bonchev–Trinajstić information content (AvgIpc) is 2.30. The first-order valence-electron chi connectivity index (χ1n) is 4.95. The van der Waals surface area contributed by atoms with Crippen molar-refractivity contribution in [2.75, 3.05) is 0 Å². The molecule has 0 radical (unpaired) electrons. The Hall–Kier alpha value is -2.34. The van der Waals surface area contributed by atoms with Gasteiger partial charge in [-0.1, -0.05) is 12.1 Å². The summed E-state index contributed by atoms with van der Waals surface area (Å²) in [7, 11) is 0. The molecule has 0 spiro atoms. The van der Waals surface area contributed by atoms with Crippen LogP contribution in [-0.4, -0.2) is 5.11 Å². The van der Waals surface area contributed by atoms with Crippen molar-refractivity contribution in [3.63, 3.8) is 0 Å². The average molecular weight is 211 g/mol. The quantitative estimate of drug-likeness (QED) is 0.767. The minimum Gasteiger partial charge on any atom is -0.503 e. The summed E-state index contributed by atoms with van der Waals surface area (Å²) in [6.07, 6.45) is 3.55. The third-order valence-corrected chi connectivity index (χ3v) is 2.29. The molecular formula is C13H11N2O+. The monoisotopic (exact) mass is 211 g/mol. The van der Waals surface area contributed by atoms with Gasteiger partial charge in [-0.05, 0) is 18.2 Å². The Morgan fingerprint density at radius 3 is 2.56 bits per heavy atom. The molecule has 0 bridgehead atoms. The van der Waals surface area contributed by atoms with E-state index in [0.29, 0.717) is 12.1 Å². The third-order valence-electron chi connectivity index (χ3n) is 2.29. The molecule has 78 valence electrons. The molecule has 0 saturated carbocycles. The number of rotatable bonds is 2. The highest BCUT2D eigenvalue weighted by Gasteiger charge is 2.03. The fourth-order valence-corrected chi connectivity index (χ4v) is 1.50. The van der Waals surface area contributed by atoms with Crippen molar-refractivity contribution < 1.29 is 9.67 Å². The number of pyridine rings is 1. The van der Waals surface area contributed by atoms with Crippen molar-refractivity contribution >= 4 is 0 Å². The van der Waals surface area contributed by atoms with E-state index >= 15 is 0 Å². The summed E-state index contributed by atoms with van der Waals surface area (Å²) in [4.78, 5) is 0. The van der Waals surface area contributed by atoms with Crippen molar-refractivity contribution in [3.8, 4) is 11.8 Å². The van der Waals surface area contributed by atoms with Crippen LogP contribution >= 0.6 is 0 Å². The lowest BCUT2D eigenvalue weighted by molar-refractivity contribution is -0.688. The Labute approximate surface area is 93.8 Å². The topological polar surface area (TPSA) is 47.9 Å². The van der Waals surface area contributed by atoms with Crippen LogP contribution in [0, 0.1) is 11.3 Å². The van der Waals surface area contributed by atoms with Crippen molar-refractivity contribution in [2.24, 2.45) is 0 Å². The number of benzene rings is 1. The Balaban J connectivity index is 2.18. The van der Waals surface area contributed by atoms with Crippen LogP contribution in [0.1, 0.15) is 11.1 Å². The largest absolute Gasteiger partial charge is 0.503 e. The maximum absolute atomic E-state index is 9.31.